The summed E-state index contributed by atoms with van der Waals surface area (Å²) in [4.78, 5) is 86.9. The van der Waals surface area contributed by atoms with Crippen molar-refractivity contribution in [1.82, 2.24) is 36.6 Å². The van der Waals surface area contributed by atoms with Crippen molar-refractivity contribution in [2.24, 2.45) is 5.92 Å². The molecule has 0 spiro atoms. The third kappa shape index (κ3) is 9.57. The summed E-state index contributed by atoms with van der Waals surface area (Å²) >= 11 is 2.35. The van der Waals surface area contributed by atoms with E-state index in [4.69, 9.17) is 0 Å². The zero-order valence-corrected chi connectivity index (χ0v) is 29.3. The zero-order chi connectivity index (χ0) is 36.0. The Hall–Kier alpha value is -4.48. The molecule has 0 saturated heterocycles. The molecule has 3 aromatic rings. The number of nitrogens with zero attached hydrogens (tertiary/aromatic N) is 1. The number of hydrogen-bond donors (Lipinski definition) is 8. The molecule has 1 aliphatic rings. The van der Waals surface area contributed by atoms with Crippen LogP contribution in [0.15, 0.2) is 34.7 Å². The number of aliphatic hydroxyl groups is 1. The van der Waals surface area contributed by atoms with Gasteiger partial charge in [0.2, 0.25) is 23.6 Å². The number of H-pyrrole nitrogens is 1. The van der Waals surface area contributed by atoms with Crippen LogP contribution in [0, 0.1) is 12.8 Å². The van der Waals surface area contributed by atoms with Gasteiger partial charge in [-0.3, -0.25) is 24.0 Å². The van der Waals surface area contributed by atoms with Crippen molar-refractivity contribution >= 4 is 69.5 Å². The van der Waals surface area contributed by atoms with Gasteiger partial charge in [0.1, 0.15) is 35.9 Å². The van der Waals surface area contributed by atoms with Gasteiger partial charge in [0.15, 0.2) is 0 Å². The molecule has 17 heteroatoms. The van der Waals surface area contributed by atoms with Crippen molar-refractivity contribution in [1.29, 1.82) is 0 Å². The summed E-state index contributed by atoms with van der Waals surface area (Å²) in [6.07, 6.45) is -1.27. The van der Waals surface area contributed by atoms with E-state index in [1.165, 1.54) is 25.2 Å². The van der Waals surface area contributed by atoms with Crippen LogP contribution >= 0.6 is 23.1 Å². The highest BCUT2D eigenvalue weighted by molar-refractivity contribution is 7.99. The van der Waals surface area contributed by atoms with Gasteiger partial charge in [-0.2, -0.15) is 0 Å². The molecule has 3 heterocycles. The number of carbonyl (C=O) groups excluding carboxylic acids is 5. The first-order valence-electron chi connectivity index (χ1n) is 15.7. The number of amides is 5. The SMILES string of the molecule is Cc1nc(C(=O)N[C@H]2Cc3c([nH]c4ccccc34)SC[C@@H](C(=O)O)NC(=O)[C@H]([C@@H](C)O)NC(=O)[C@@H](C)NC(=O)[C@H](CC(C)C)NC2=O)cs1. The number of aliphatic hydroxyl groups excluding tert-OH is 1. The van der Waals surface area contributed by atoms with E-state index >= 15 is 0 Å². The molecule has 15 nitrogen and oxygen atoms in total. The van der Waals surface area contributed by atoms with Crippen LogP contribution in [0.3, 0.4) is 0 Å². The van der Waals surface area contributed by atoms with Gasteiger partial charge in [-0.05, 0) is 44.7 Å². The molecular formula is C32H41N7O8S2. The topological polar surface area (TPSA) is 232 Å². The predicted molar refractivity (Wildman–Crippen MR) is 183 cm³/mol. The normalized spacial score (nSPS) is 23.7. The number of hydrogen-bond acceptors (Lipinski definition) is 10. The Labute approximate surface area is 290 Å². The predicted octanol–water partition coefficient (Wildman–Crippen LogP) is 0.850. The lowest BCUT2D eigenvalue weighted by Gasteiger charge is -2.27. The van der Waals surface area contributed by atoms with Crippen molar-refractivity contribution in [2.75, 3.05) is 5.75 Å². The zero-order valence-electron chi connectivity index (χ0n) is 27.7. The number of aromatic amines is 1. The summed E-state index contributed by atoms with van der Waals surface area (Å²) in [5.41, 5.74) is 1.40. The van der Waals surface area contributed by atoms with Crippen molar-refractivity contribution in [2.45, 2.75) is 88.8 Å². The van der Waals surface area contributed by atoms with E-state index in [0.29, 0.717) is 26.5 Å². The maximum absolute atomic E-state index is 14.1. The number of thiazole rings is 1. The lowest BCUT2D eigenvalue weighted by molar-refractivity contribution is -0.142. The number of carboxylic acids is 1. The maximum Gasteiger partial charge on any atom is 0.327 e. The highest BCUT2D eigenvalue weighted by Crippen LogP contribution is 2.31. The van der Waals surface area contributed by atoms with Gasteiger partial charge in [-0.15, -0.1) is 23.1 Å². The third-order valence-corrected chi connectivity index (χ3v) is 9.73. The molecule has 1 aromatic carbocycles. The number of para-hydroxylation sites is 1. The van der Waals surface area contributed by atoms with Gasteiger partial charge in [0.25, 0.3) is 5.91 Å². The largest absolute Gasteiger partial charge is 0.480 e. The summed E-state index contributed by atoms with van der Waals surface area (Å²) in [6.45, 7) is 8.09. The summed E-state index contributed by atoms with van der Waals surface area (Å²) in [6, 6.07) is 0.718. The number of benzene rings is 1. The summed E-state index contributed by atoms with van der Waals surface area (Å²) in [7, 11) is 0. The van der Waals surface area contributed by atoms with Crippen LogP contribution in [0.2, 0.25) is 0 Å². The number of aliphatic carboxylic acids is 1. The number of rotatable bonds is 6. The molecule has 8 N–H and O–H groups in total. The molecule has 0 saturated carbocycles. The molecule has 0 bridgehead atoms. The number of aryl methyl sites for hydroxylation is 1. The number of fused-ring (bicyclic) bond motifs is 3. The summed E-state index contributed by atoms with van der Waals surface area (Å²) in [5, 5.41) is 36.6. The third-order valence-electron chi connectivity index (χ3n) is 7.82. The quantitative estimate of drug-likeness (QED) is 0.179. The average molecular weight is 716 g/mol. The van der Waals surface area contributed by atoms with Crippen LogP contribution in [0.4, 0.5) is 0 Å². The van der Waals surface area contributed by atoms with E-state index in [0.717, 1.165) is 11.8 Å². The summed E-state index contributed by atoms with van der Waals surface area (Å²) < 4.78 is 0. The molecule has 0 unspecified atom stereocenters. The minimum atomic E-state index is -1.53. The van der Waals surface area contributed by atoms with Crippen molar-refractivity contribution in [3.8, 4) is 0 Å². The van der Waals surface area contributed by atoms with Gasteiger partial charge >= 0.3 is 5.97 Å². The lowest BCUT2D eigenvalue weighted by atomic mass is 10.0. The van der Waals surface area contributed by atoms with Crippen LogP contribution in [-0.4, -0.2) is 97.8 Å². The summed E-state index contributed by atoms with van der Waals surface area (Å²) in [5.74, 6) is -5.29. The van der Waals surface area contributed by atoms with Crippen LogP contribution in [0.1, 0.15) is 55.2 Å². The fraction of sp³-hybridized carbons (Fsp3) is 0.469. The lowest BCUT2D eigenvalue weighted by Crippen LogP contribution is -2.60. The number of aromatic nitrogens is 2. The molecule has 1 aliphatic heterocycles. The monoisotopic (exact) mass is 715 g/mol. The van der Waals surface area contributed by atoms with Crippen molar-refractivity contribution < 1.29 is 39.0 Å². The van der Waals surface area contributed by atoms with Crippen molar-refractivity contribution in [3.63, 3.8) is 0 Å². The molecule has 49 heavy (non-hydrogen) atoms. The second-order valence-electron chi connectivity index (χ2n) is 12.3. The molecule has 5 amide bonds. The van der Waals surface area contributed by atoms with Crippen molar-refractivity contribution in [3.05, 3.63) is 45.9 Å². The first kappa shape index (κ1) is 37.3. The number of thioether (sulfide) groups is 1. The molecule has 4 rings (SSSR count). The smallest absolute Gasteiger partial charge is 0.327 e. The molecule has 0 fully saturated rings. The Balaban J connectivity index is 1.80. The van der Waals surface area contributed by atoms with Gasteiger partial charge in [0, 0.05) is 28.5 Å². The highest BCUT2D eigenvalue weighted by atomic mass is 32.2. The first-order chi connectivity index (χ1) is 23.1. The fourth-order valence-corrected chi connectivity index (χ4v) is 6.96. The van der Waals surface area contributed by atoms with Gasteiger partial charge in [-0.1, -0.05) is 32.0 Å². The number of carbonyl (C=O) groups is 6. The van der Waals surface area contributed by atoms with Gasteiger partial charge in [0.05, 0.1) is 16.1 Å². The van der Waals surface area contributed by atoms with E-state index in [-0.39, 0.29) is 30.2 Å². The van der Waals surface area contributed by atoms with E-state index in [1.54, 1.807) is 30.5 Å². The molecule has 0 aliphatic carbocycles. The second kappa shape index (κ2) is 16.3. The highest BCUT2D eigenvalue weighted by Gasteiger charge is 2.34. The minimum absolute atomic E-state index is 0.0595. The second-order valence-corrected chi connectivity index (χ2v) is 14.4. The average Bonchev–Trinajstić information content (AvgIpc) is 3.62. The van der Waals surface area contributed by atoms with Crippen LogP contribution in [0.25, 0.3) is 10.9 Å². The molecule has 264 valence electrons. The fourth-order valence-electron chi connectivity index (χ4n) is 5.26. The van der Waals surface area contributed by atoms with E-state index in [9.17, 15) is 39.0 Å². The number of carboxylic acid groups (broad SMARTS) is 1. The van der Waals surface area contributed by atoms with Crippen LogP contribution in [-0.2, 0) is 30.4 Å². The van der Waals surface area contributed by atoms with E-state index < -0.39 is 71.8 Å². The Bertz CT molecular complexity index is 1720. The van der Waals surface area contributed by atoms with Gasteiger partial charge < -0.3 is 41.8 Å². The van der Waals surface area contributed by atoms with Gasteiger partial charge in [-0.25, -0.2) is 9.78 Å². The maximum atomic E-state index is 14.1. The molecule has 2 aromatic heterocycles. The minimum Gasteiger partial charge on any atom is -0.480 e. The van der Waals surface area contributed by atoms with Crippen LogP contribution < -0.4 is 26.6 Å². The Morgan fingerprint density at radius 1 is 1.00 bits per heavy atom. The molecule has 6 atom stereocenters. The Morgan fingerprint density at radius 3 is 2.35 bits per heavy atom. The molecule has 0 radical (unpaired) electrons. The Morgan fingerprint density at radius 2 is 1.71 bits per heavy atom. The van der Waals surface area contributed by atoms with E-state index in [2.05, 4.69) is 36.6 Å². The number of nitrogens with one attached hydrogen (secondary N) is 6. The Kier molecular flexibility index (Phi) is 12.4. The van der Waals surface area contributed by atoms with Crippen LogP contribution in [0.5, 0.6) is 0 Å². The van der Waals surface area contributed by atoms with E-state index in [1.807, 2.05) is 19.9 Å². The first-order valence-corrected chi connectivity index (χ1v) is 17.6. The molecular weight excluding hydrogens is 675 g/mol. The standard InChI is InChI=1S/C32H41N7O8S2/c1-14(2)10-21-27(42)33-15(3)26(41)39-25(16(4)40)30(45)37-24(32(46)47)13-49-31-19(18-8-6-7-9-20(18)38-31)11-22(28(43)35-21)36-29(44)23-12-48-17(5)34-23/h6-9,12,14-16,21-22,24-25,38,40H,10-11,13H2,1-5H3,(H,33,42)(H,35,43)(H,36,44)(H,37,45)(H,39,41)(H,46,47)/t15-,16-,21+,22+,24+,25+/m1/s1.